The first-order chi connectivity index (χ1) is 18.0. The lowest BCUT2D eigenvalue weighted by Gasteiger charge is -2.35. The lowest BCUT2D eigenvalue weighted by Crippen LogP contribution is -2.46. The molecule has 0 saturated carbocycles. The molecule has 37 heavy (non-hydrogen) atoms. The van der Waals surface area contributed by atoms with Gasteiger partial charge in [-0.25, -0.2) is 19.8 Å². The van der Waals surface area contributed by atoms with Gasteiger partial charge in [0.05, 0.1) is 14.2 Å². The molecule has 1 saturated heterocycles. The number of rotatable bonds is 10. The Labute approximate surface area is 216 Å². The Morgan fingerprint density at radius 3 is 2.38 bits per heavy atom. The van der Waals surface area contributed by atoms with Gasteiger partial charge in [-0.1, -0.05) is 6.92 Å². The van der Waals surface area contributed by atoms with E-state index >= 15 is 0 Å². The Balaban J connectivity index is 1.38. The van der Waals surface area contributed by atoms with Gasteiger partial charge in [0.1, 0.15) is 11.6 Å². The number of aryl methyl sites for hydroxylation is 2. The Morgan fingerprint density at radius 1 is 0.973 bits per heavy atom. The number of nitrogens with one attached hydrogen (secondary N) is 2. The van der Waals surface area contributed by atoms with Crippen molar-refractivity contribution >= 4 is 23.2 Å². The Hall–Kier alpha value is -3.76. The number of nitrogens with zero attached hydrogens (tertiary/aromatic N) is 4. The number of ether oxygens (including phenoxy) is 1. The third-order valence-electron chi connectivity index (χ3n) is 6.39. The third kappa shape index (κ3) is 7.14. The summed E-state index contributed by atoms with van der Waals surface area (Å²) in [5, 5.41) is 3.12. The molecule has 2 aromatic carbocycles. The molecule has 2 N–H and O–H groups in total. The van der Waals surface area contributed by atoms with E-state index in [2.05, 4.69) is 37.5 Å². The molecule has 10 heteroatoms. The Bertz CT molecular complexity index is 1200. The molecule has 0 atom stereocenters. The van der Waals surface area contributed by atoms with Crippen LogP contribution in [0.2, 0.25) is 0 Å². The normalized spacial score (nSPS) is 13.9. The highest BCUT2D eigenvalue weighted by Gasteiger charge is 2.17. The van der Waals surface area contributed by atoms with Crippen LogP contribution < -0.4 is 20.4 Å². The summed E-state index contributed by atoms with van der Waals surface area (Å²) in [5.41, 5.74) is 6.11. The number of carbonyl (C=O) groups excluding carboxylic acids is 1. The maximum atomic E-state index is 14.4. The number of hydroxylamine groups is 1. The highest BCUT2D eigenvalue weighted by Crippen LogP contribution is 2.25. The molecule has 2 heterocycles. The van der Waals surface area contributed by atoms with Crippen molar-refractivity contribution < 1.29 is 18.8 Å². The van der Waals surface area contributed by atoms with Crippen molar-refractivity contribution in [3.05, 3.63) is 71.3 Å². The molecule has 196 valence electrons. The van der Waals surface area contributed by atoms with E-state index in [-0.39, 0.29) is 11.7 Å². The second-order valence-corrected chi connectivity index (χ2v) is 8.86. The van der Waals surface area contributed by atoms with Crippen LogP contribution in [0.3, 0.4) is 0 Å². The fourth-order valence-electron chi connectivity index (χ4n) is 4.32. The molecule has 1 amide bonds. The minimum Gasteiger partial charge on any atom is -0.497 e. The summed E-state index contributed by atoms with van der Waals surface area (Å²) in [6.07, 6.45) is 4.84. The number of benzene rings is 2. The molecule has 0 bridgehead atoms. The molecule has 4 rings (SSSR count). The zero-order valence-corrected chi connectivity index (χ0v) is 21.5. The average Bonchev–Trinajstić information content (AvgIpc) is 2.92. The van der Waals surface area contributed by atoms with Crippen LogP contribution in [-0.2, 0) is 17.7 Å². The zero-order valence-electron chi connectivity index (χ0n) is 21.5. The van der Waals surface area contributed by atoms with Crippen molar-refractivity contribution in [2.24, 2.45) is 0 Å². The van der Waals surface area contributed by atoms with E-state index in [9.17, 15) is 9.18 Å². The fraction of sp³-hybridized carbons (Fsp3) is 0.370. The van der Waals surface area contributed by atoms with Gasteiger partial charge in [0.2, 0.25) is 5.95 Å². The number of halogens is 1. The van der Waals surface area contributed by atoms with Crippen LogP contribution in [0.15, 0.2) is 48.8 Å². The second-order valence-electron chi connectivity index (χ2n) is 8.86. The van der Waals surface area contributed by atoms with Gasteiger partial charge < -0.3 is 19.9 Å². The van der Waals surface area contributed by atoms with Gasteiger partial charge in [-0.15, -0.1) is 0 Å². The van der Waals surface area contributed by atoms with E-state index < -0.39 is 0 Å². The standard InChI is InChI=1S/C27H33FN6O3/c1-4-33-7-9-34(10-8-33)24-15-22(28)14-23(16-24)31-27-29-17-20(18-30-27)6-5-19-11-21(26(35)32-37-3)13-25(12-19)36-2/h11-18H,4-10H2,1-3H3,(H,32,35)(H,29,30,31). The second kappa shape index (κ2) is 12.5. The van der Waals surface area contributed by atoms with E-state index in [1.807, 2.05) is 12.1 Å². The number of hydrogen-bond donors (Lipinski definition) is 2. The van der Waals surface area contributed by atoms with E-state index in [1.165, 1.54) is 13.2 Å². The number of aromatic nitrogens is 2. The lowest BCUT2D eigenvalue weighted by atomic mass is 10.0. The number of likely N-dealkylation sites (N-methyl/N-ethyl adjacent to an activating group) is 1. The summed E-state index contributed by atoms with van der Waals surface area (Å²) in [6, 6.07) is 10.3. The van der Waals surface area contributed by atoms with Crippen LogP contribution in [0.4, 0.5) is 21.7 Å². The van der Waals surface area contributed by atoms with Gasteiger partial charge in [-0.05, 0) is 66.9 Å². The summed E-state index contributed by atoms with van der Waals surface area (Å²) in [5.74, 6) is 0.351. The molecule has 1 aliphatic heterocycles. The number of methoxy groups -OCH3 is 1. The number of hydrogen-bond acceptors (Lipinski definition) is 8. The fourth-order valence-corrected chi connectivity index (χ4v) is 4.32. The Morgan fingerprint density at radius 2 is 1.70 bits per heavy atom. The van der Waals surface area contributed by atoms with Gasteiger partial charge in [-0.2, -0.15) is 0 Å². The number of amides is 1. The van der Waals surface area contributed by atoms with Crippen molar-refractivity contribution in [3.8, 4) is 5.75 Å². The van der Waals surface area contributed by atoms with Crippen LogP contribution in [0.1, 0.15) is 28.4 Å². The smallest absolute Gasteiger partial charge is 0.274 e. The maximum absolute atomic E-state index is 14.4. The summed E-state index contributed by atoms with van der Waals surface area (Å²) >= 11 is 0. The summed E-state index contributed by atoms with van der Waals surface area (Å²) in [4.78, 5) is 30.3. The first-order valence-electron chi connectivity index (χ1n) is 12.3. The summed E-state index contributed by atoms with van der Waals surface area (Å²) in [7, 11) is 2.95. The van der Waals surface area contributed by atoms with Gasteiger partial charge in [0, 0.05) is 55.5 Å². The van der Waals surface area contributed by atoms with E-state index in [0.29, 0.717) is 35.8 Å². The van der Waals surface area contributed by atoms with Gasteiger partial charge in [-0.3, -0.25) is 9.63 Å². The highest BCUT2D eigenvalue weighted by atomic mass is 19.1. The molecule has 1 aromatic heterocycles. The summed E-state index contributed by atoms with van der Waals surface area (Å²) < 4.78 is 19.7. The lowest BCUT2D eigenvalue weighted by molar-refractivity contribution is 0.0537. The molecule has 0 radical (unpaired) electrons. The van der Waals surface area contributed by atoms with Gasteiger partial charge >= 0.3 is 0 Å². The first kappa shape index (κ1) is 26.3. The van der Waals surface area contributed by atoms with Crippen LogP contribution >= 0.6 is 0 Å². The molecule has 0 aliphatic carbocycles. The molecule has 3 aromatic rings. The number of carbonyl (C=O) groups is 1. The van der Waals surface area contributed by atoms with Crippen molar-refractivity contribution in [2.45, 2.75) is 19.8 Å². The molecule has 1 fully saturated rings. The molecule has 0 spiro atoms. The van der Waals surface area contributed by atoms with Crippen LogP contribution in [0.25, 0.3) is 0 Å². The largest absolute Gasteiger partial charge is 0.497 e. The number of piperazine rings is 1. The minimum absolute atomic E-state index is 0.300. The van der Waals surface area contributed by atoms with Gasteiger partial charge in [0.25, 0.3) is 5.91 Å². The number of anilines is 3. The van der Waals surface area contributed by atoms with E-state index in [4.69, 9.17) is 9.57 Å². The molecule has 1 aliphatic rings. The average molecular weight is 509 g/mol. The minimum atomic E-state index is -0.342. The topological polar surface area (TPSA) is 91.8 Å². The maximum Gasteiger partial charge on any atom is 0.274 e. The predicted octanol–water partition coefficient (Wildman–Crippen LogP) is 3.59. The first-order valence-corrected chi connectivity index (χ1v) is 12.3. The van der Waals surface area contributed by atoms with Crippen molar-refractivity contribution in [2.75, 3.05) is 57.2 Å². The highest BCUT2D eigenvalue weighted by molar-refractivity contribution is 5.94. The molecule has 0 unspecified atom stereocenters. The molecular formula is C27H33FN6O3. The summed E-state index contributed by atoms with van der Waals surface area (Å²) in [6.45, 7) is 6.87. The van der Waals surface area contributed by atoms with E-state index in [1.54, 1.807) is 37.7 Å². The quantitative estimate of drug-likeness (QED) is 0.402. The van der Waals surface area contributed by atoms with Crippen molar-refractivity contribution in [1.82, 2.24) is 20.3 Å². The zero-order chi connectivity index (χ0) is 26.2. The monoisotopic (exact) mass is 508 g/mol. The van der Waals surface area contributed by atoms with Crippen molar-refractivity contribution in [3.63, 3.8) is 0 Å². The van der Waals surface area contributed by atoms with Crippen molar-refractivity contribution in [1.29, 1.82) is 0 Å². The van der Waals surface area contributed by atoms with Crippen LogP contribution in [0, 0.1) is 5.82 Å². The van der Waals surface area contributed by atoms with E-state index in [0.717, 1.165) is 49.5 Å². The predicted molar refractivity (Wildman–Crippen MR) is 141 cm³/mol. The molecular weight excluding hydrogens is 475 g/mol. The van der Waals surface area contributed by atoms with Crippen LogP contribution in [-0.4, -0.2) is 67.7 Å². The SMILES string of the molecule is CCN1CCN(c2cc(F)cc(Nc3ncc(CCc4cc(OC)cc(C(=O)NOC)c4)cn3)c2)CC1. The Kier molecular flexibility index (Phi) is 8.86. The van der Waals surface area contributed by atoms with Crippen LogP contribution in [0.5, 0.6) is 5.75 Å². The van der Waals surface area contributed by atoms with Gasteiger partial charge in [0.15, 0.2) is 0 Å². The molecule has 9 nitrogen and oxygen atoms in total. The third-order valence-corrected chi connectivity index (χ3v) is 6.39.